The number of carbonyl (C=O) groups excluding carboxylic acids is 1. The van der Waals surface area contributed by atoms with Gasteiger partial charge in [-0.2, -0.15) is 0 Å². The van der Waals surface area contributed by atoms with Gasteiger partial charge in [0.25, 0.3) is 5.91 Å². The highest BCUT2D eigenvalue weighted by atomic mass is 35.5. The molecule has 0 radical (unpaired) electrons. The van der Waals surface area contributed by atoms with Gasteiger partial charge in [0.2, 0.25) is 10.0 Å². The predicted octanol–water partition coefficient (Wildman–Crippen LogP) is 4.20. The number of nitrogens with zero attached hydrogens (tertiary/aromatic N) is 1. The normalized spacial score (nSPS) is 11.0. The molecule has 25 heavy (non-hydrogen) atoms. The Morgan fingerprint density at radius 1 is 1.16 bits per heavy atom. The minimum atomic E-state index is -3.44. The Kier molecular flexibility index (Phi) is 6.11. The smallest absolute Gasteiger partial charge is 0.255 e. The number of amides is 1. The number of rotatable bonds is 6. The number of anilines is 2. The molecule has 1 amide bonds. The van der Waals surface area contributed by atoms with Crippen molar-refractivity contribution in [1.29, 1.82) is 0 Å². The average Bonchev–Trinajstić information content (AvgIpc) is 2.55. The second-order valence-electron chi connectivity index (χ2n) is 5.21. The lowest BCUT2D eigenvalue weighted by Gasteiger charge is -2.20. The molecule has 5 nitrogen and oxygen atoms in total. The second-order valence-corrected chi connectivity index (χ2v) is 7.93. The maximum Gasteiger partial charge on any atom is 0.255 e. The molecule has 0 aliphatic carbocycles. The monoisotopic (exact) mass is 398 g/mol. The van der Waals surface area contributed by atoms with Crippen LogP contribution in [-0.4, -0.2) is 27.1 Å². The molecule has 0 aliphatic rings. The zero-order valence-corrected chi connectivity index (χ0v) is 15.7. The van der Waals surface area contributed by atoms with Gasteiger partial charge in [0.1, 0.15) is 0 Å². The van der Waals surface area contributed by atoms with Gasteiger partial charge in [-0.15, -0.1) is 6.58 Å². The van der Waals surface area contributed by atoms with E-state index in [4.69, 9.17) is 23.2 Å². The Balaban J connectivity index is 2.19. The second kappa shape index (κ2) is 7.91. The van der Waals surface area contributed by atoms with Crippen LogP contribution >= 0.6 is 23.2 Å². The highest BCUT2D eigenvalue weighted by Crippen LogP contribution is 2.25. The van der Waals surface area contributed by atoms with Crippen LogP contribution in [0.1, 0.15) is 10.4 Å². The lowest BCUT2D eigenvalue weighted by Crippen LogP contribution is -2.29. The predicted molar refractivity (Wildman–Crippen MR) is 103 cm³/mol. The molecule has 1 N–H and O–H groups in total. The largest absolute Gasteiger partial charge is 0.322 e. The summed E-state index contributed by atoms with van der Waals surface area (Å²) in [7, 11) is -3.44. The van der Waals surface area contributed by atoms with Crippen LogP contribution in [0.3, 0.4) is 0 Å². The fourth-order valence-electron chi connectivity index (χ4n) is 2.11. The number of halogens is 2. The first-order valence-electron chi connectivity index (χ1n) is 7.17. The summed E-state index contributed by atoms with van der Waals surface area (Å²) in [6.45, 7) is 3.70. The molecule has 0 aliphatic heterocycles. The van der Waals surface area contributed by atoms with Crippen molar-refractivity contribution in [2.45, 2.75) is 0 Å². The summed E-state index contributed by atoms with van der Waals surface area (Å²) < 4.78 is 24.8. The number of hydrogen-bond acceptors (Lipinski definition) is 3. The Morgan fingerprint density at radius 2 is 1.80 bits per heavy atom. The van der Waals surface area contributed by atoms with E-state index in [0.717, 1.165) is 6.26 Å². The van der Waals surface area contributed by atoms with Crippen molar-refractivity contribution < 1.29 is 13.2 Å². The van der Waals surface area contributed by atoms with E-state index in [1.54, 1.807) is 42.5 Å². The summed E-state index contributed by atoms with van der Waals surface area (Å²) in [5, 5.41) is 3.43. The fraction of sp³-hybridized carbons (Fsp3) is 0.118. The van der Waals surface area contributed by atoms with Crippen LogP contribution in [0.5, 0.6) is 0 Å². The molecule has 0 atom stereocenters. The van der Waals surface area contributed by atoms with E-state index in [1.165, 1.54) is 10.4 Å². The summed E-state index contributed by atoms with van der Waals surface area (Å²) >= 11 is 11.8. The van der Waals surface area contributed by atoms with Gasteiger partial charge in [-0.1, -0.05) is 29.3 Å². The van der Waals surface area contributed by atoms with E-state index < -0.39 is 10.0 Å². The van der Waals surface area contributed by atoms with Crippen molar-refractivity contribution in [2.75, 3.05) is 22.4 Å². The third-order valence-corrected chi connectivity index (χ3v) is 5.19. The maximum absolute atomic E-state index is 12.3. The topological polar surface area (TPSA) is 66.5 Å². The van der Waals surface area contributed by atoms with Crippen LogP contribution in [0.2, 0.25) is 10.0 Å². The highest BCUT2D eigenvalue weighted by molar-refractivity contribution is 7.92. The van der Waals surface area contributed by atoms with Crippen molar-refractivity contribution in [2.24, 2.45) is 0 Å². The standard InChI is InChI=1S/C17H16Cl2N2O3S/c1-3-10-21(25(2,23)24)14-7-4-12(5-8-14)17(22)20-13-6-9-15(18)16(19)11-13/h3-9,11H,1,10H2,2H3,(H,20,22). The molecule has 2 aromatic rings. The zero-order chi connectivity index (χ0) is 18.6. The van der Waals surface area contributed by atoms with Crippen LogP contribution in [0, 0.1) is 0 Å². The molecule has 0 aromatic heterocycles. The molecule has 0 unspecified atom stereocenters. The number of nitrogens with one attached hydrogen (secondary N) is 1. The van der Waals surface area contributed by atoms with Gasteiger partial charge in [0, 0.05) is 11.3 Å². The summed E-state index contributed by atoms with van der Waals surface area (Å²) in [5.41, 5.74) is 1.34. The molecule has 132 valence electrons. The van der Waals surface area contributed by atoms with E-state index >= 15 is 0 Å². The van der Waals surface area contributed by atoms with E-state index in [1.807, 2.05) is 0 Å². The molecular formula is C17H16Cl2N2O3S. The van der Waals surface area contributed by atoms with Gasteiger partial charge >= 0.3 is 0 Å². The summed E-state index contributed by atoms with van der Waals surface area (Å²) in [6.07, 6.45) is 2.60. The first-order valence-corrected chi connectivity index (χ1v) is 9.78. The van der Waals surface area contributed by atoms with Crippen LogP contribution in [-0.2, 0) is 10.0 Å². The molecule has 0 saturated heterocycles. The van der Waals surface area contributed by atoms with Crippen LogP contribution < -0.4 is 9.62 Å². The summed E-state index contributed by atoms with van der Waals surface area (Å²) in [4.78, 5) is 12.3. The Bertz CT molecular complexity index is 897. The molecule has 0 bridgehead atoms. The summed E-state index contributed by atoms with van der Waals surface area (Å²) in [6, 6.07) is 11.0. The molecule has 0 saturated carbocycles. The molecule has 0 fully saturated rings. The Labute approximate surface area is 156 Å². The van der Waals surface area contributed by atoms with Crippen molar-refractivity contribution in [1.82, 2.24) is 0 Å². The van der Waals surface area contributed by atoms with Crippen molar-refractivity contribution in [3.05, 3.63) is 70.7 Å². The van der Waals surface area contributed by atoms with Gasteiger partial charge in [-0.3, -0.25) is 9.10 Å². The Hall–Kier alpha value is -2.02. The van der Waals surface area contributed by atoms with E-state index in [0.29, 0.717) is 27.0 Å². The Morgan fingerprint density at radius 3 is 2.32 bits per heavy atom. The van der Waals surface area contributed by atoms with Crippen LogP contribution in [0.15, 0.2) is 55.1 Å². The highest BCUT2D eigenvalue weighted by Gasteiger charge is 2.16. The van der Waals surface area contributed by atoms with Gasteiger partial charge in [0.05, 0.1) is 28.5 Å². The van der Waals surface area contributed by atoms with Gasteiger partial charge in [0.15, 0.2) is 0 Å². The minimum Gasteiger partial charge on any atom is -0.322 e. The molecule has 2 aromatic carbocycles. The van der Waals surface area contributed by atoms with Crippen molar-refractivity contribution >= 4 is 50.5 Å². The molecule has 8 heteroatoms. The third kappa shape index (κ3) is 4.98. The van der Waals surface area contributed by atoms with E-state index in [2.05, 4.69) is 11.9 Å². The quantitative estimate of drug-likeness (QED) is 0.741. The van der Waals surface area contributed by atoms with E-state index in [-0.39, 0.29) is 12.5 Å². The maximum atomic E-state index is 12.3. The number of hydrogen-bond donors (Lipinski definition) is 1. The molecule has 0 heterocycles. The lowest BCUT2D eigenvalue weighted by molar-refractivity contribution is 0.102. The lowest BCUT2D eigenvalue weighted by atomic mass is 10.2. The van der Waals surface area contributed by atoms with Gasteiger partial charge in [-0.05, 0) is 42.5 Å². The van der Waals surface area contributed by atoms with Crippen molar-refractivity contribution in [3.8, 4) is 0 Å². The molecule has 2 rings (SSSR count). The van der Waals surface area contributed by atoms with Crippen molar-refractivity contribution in [3.63, 3.8) is 0 Å². The van der Waals surface area contributed by atoms with E-state index in [9.17, 15) is 13.2 Å². The number of benzene rings is 2. The van der Waals surface area contributed by atoms with Gasteiger partial charge in [-0.25, -0.2) is 8.42 Å². The third-order valence-electron chi connectivity index (χ3n) is 3.29. The fourth-order valence-corrected chi connectivity index (χ4v) is 3.28. The zero-order valence-electron chi connectivity index (χ0n) is 13.4. The number of carbonyl (C=O) groups is 1. The minimum absolute atomic E-state index is 0.146. The molecule has 0 spiro atoms. The average molecular weight is 399 g/mol. The molecular weight excluding hydrogens is 383 g/mol. The van der Waals surface area contributed by atoms with Gasteiger partial charge < -0.3 is 5.32 Å². The van der Waals surface area contributed by atoms with Crippen LogP contribution in [0.4, 0.5) is 11.4 Å². The van der Waals surface area contributed by atoms with Crippen LogP contribution in [0.25, 0.3) is 0 Å². The number of sulfonamides is 1. The first-order chi connectivity index (χ1) is 11.7. The SMILES string of the molecule is C=CCN(c1ccc(C(=O)Nc2ccc(Cl)c(Cl)c2)cc1)S(C)(=O)=O. The first kappa shape index (κ1) is 19.3. The summed E-state index contributed by atoms with van der Waals surface area (Å²) in [5.74, 6) is -0.348.